The van der Waals surface area contributed by atoms with Gasteiger partial charge in [0.15, 0.2) is 0 Å². The molecule has 0 aliphatic rings. The number of amides is 1. The maximum Gasteiger partial charge on any atom is 0.252 e. The van der Waals surface area contributed by atoms with Crippen LogP contribution in [0.1, 0.15) is 29.0 Å². The van der Waals surface area contributed by atoms with Gasteiger partial charge in [-0.25, -0.2) is 4.98 Å². The van der Waals surface area contributed by atoms with Gasteiger partial charge >= 0.3 is 0 Å². The zero-order chi connectivity index (χ0) is 13.8. The molecule has 2 aromatic heterocycles. The molecule has 4 nitrogen and oxygen atoms in total. The summed E-state index contributed by atoms with van der Waals surface area (Å²) in [6, 6.07) is 8.25. The zero-order valence-electron chi connectivity index (χ0n) is 10.1. The van der Waals surface area contributed by atoms with Crippen LogP contribution >= 0.6 is 23.2 Å². The first-order chi connectivity index (χ1) is 9.06. The van der Waals surface area contributed by atoms with Crippen molar-refractivity contribution in [1.82, 2.24) is 15.3 Å². The summed E-state index contributed by atoms with van der Waals surface area (Å²) in [5, 5.41) is 3.19. The number of hydrogen-bond acceptors (Lipinski definition) is 3. The predicted octanol–water partition coefficient (Wildman–Crippen LogP) is 3.27. The Balaban J connectivity index is 2.13. The SMILES string of the molecule is C[C@@H](NC(=O)c1cc(Cl)nc(Cl)c1)c1ccccn1. The number of nitrogens with one attached hydrogen (secondary N) is 1. The topological polar surface area (TPSA) is 54.9 Å². The van der Waals surface area contributed by atoms with E-state index in [1.165, 1.54) is 12.1 Å². The molecule has 6 heteroatoms. The molecule has 1 N–H and O–H groups in total. The second kappa shape index (κ2) is 5.99. The zero-order valence-corrected chi connectivity index (χ0v) is 11.6. The standard InChI is InChI=1S/C13H11Cl2N3O/c1-8(10-4-2-3-5-16-10)17-13(19)9-6-11(14)18-12(15)7-9/h2-8H,1H3,(H,17,19)/t8-/m1/s1. The maximum absolute atomic E-state index is 12.0. The van der Waals surface area contributed by atoms with Crippen LogP contribution in [-0.4, -0.2) is 15.9 Å². The van der Waals surface area contributed by atoms with Crippen molar-refractivity contribution in [1.29, 1.82) is 0 Å². The normalized spacial score (nSPS) is 11.9. The van der Waals surface area contributed by atoms with Gasteiger partial charge in [0.05, 0.1) is 11.7 Å². The fourth-order valence-electron chi connectivity index (χ4n) is 1.58. The largest absolute Gasteiger partial charge is 0.344 e. The smallest absolute Gasteiger partial charge is 0.252 e. The minimum Gasteiger partial charge on any atom is -0.344 e. The minimum absolute atomic E-state index is 0.183. The second-order valence-electron chi connectivity index (χ2n) is 3.95. The number of halogens is 2. The van der Waals surface area contributed by atoms with Crippen molar-refractivity contribution in [2.75, 3.05) is 0 Å². The van der Waals surface area contributed by atoms with E-state index in [-0.39, 0.29) is 22.3 Å². The Hall–Kier alpha value is -1.65. The van der Waals surface area contributed by atoms with Gasteiger partial charge in [0.25, 0.3) is 5.91 Å². The summed E-state index contributed by atoms with van der Waals surface area (Å²) in [6.45, 7) is 1.85. The molecule has 0 unspecified atom stereocenters. The number of pyridine rings is 2. The Morgan fingerprint density at radius 3 is 2.53 bits per heavy atom. The lowest BCUT2D eigenvalue weighted by molar-refractivity contribution is 0.0939. The van der Waals surface area contributed by atoms with Gasteiger partial charge in [0.2, 0.25) is 0 Å². The number of carbonyl (C=O) groups is 1. The lowest BCUT2D eigenvalue weighted by Gasteiger charge is -2.13. The molecule has 0 aliphatic carbocycles. The van der Waals surface area contributed by atoms with Crippen LogP contribution in [0, 0.1) is 0 Å². The van der Waals surface area contributed by atoms with E-state index in [1.54, 1.807) is 6.20 Å². The molecule has 0 fully saturated rings. The van der Waals surface area contributed by atoms with E-state index in [1.807, 2.05) is 25.1 Å². The Kier molecular flexibility index (Phi) is 4.35. The third-order valence-corrected chi connectivity index (χ3v) is 2.89. The van der Waals surface area contributed by atoms with Crippen LogP contribution < -0.4 is 5.32 Å². The van der Waals surface area contributed by atoms with Crippen molar-refractivity contribution in [2.24, 2.45) is 0 Å². The second-order valence-corrected chi connectivity index (χ2v) is 4.73. The Bertz CT molecular complexity index is 569. The highest BCUT2D eigenvalue weighted by Crippen LogP contribution is 2.16. The summed E-state index contributed by atoms with van der Waals surface area (Å²) in [4.78, 5) is 20.0. The van der Waals surface area contributed by atoms with Crippen molar-refractivity contribution in [3.8, 4) is 0 Å². The van der Waals surface area contributed by atoms with Gasteiger partial charge in [-0.05, 0) is 31.2 Å². The molecular weight excluding hydrogens is 285 g/mol. The molecule has 98 valence electrons. The molecule has 2 rings (SSSR count). The lowest BCUT2D eigenvalue weighted by atomic mass is 10.2. The molecule has 0 aromatic carbocycles. The first kappa shape index (κ1) is 13.8. The van der Waals surface area contributed by atoms with E-state index in [9.17, 15) is 4.79 Å². The lowest BCUT2D eigenvalue weighted by Crippen LogP contribution is -2.27. The van der Waals surface area contributed by atoms with Crippen LogP contribution in [0.2, 0.25) is 10.3 Å². The third-order valence-electron chi connectivity index (χ3n) is 2.50. The number of nitrogens with zero attached hydrogens (tertiary/aromatic N) is 2. The van der Waals surface area contributed by atoms with E-state index >= 15 is 0 Å². The van der Waals surface area contributed by atoms with Gasteiger partial charge in [-0.1, -0.05) is 29.3 Å². The van der Waals surface area contributed by atoms with E-state index in [2.05, 4.69) is 15.3 Å². The van der Waals surface area contributed by atoms with Crippen LogP contribution in [0.15, 0.2) is 36.5 Å². The van der Waals surface area contributed by atoms with E-state index in [0.717, 1.165) is 5.69 Å². The first-order valence-electron chi connectivity index (χ1n) is 5.61. The Morgan fingerprint density at radius 1 is 1.26 bits per heavy atom. The highest BCUT2D eigenvalue weighted by Gasteiger charge is 2.13. The van der Waals surface area contributed by atoms with E-state index < -0.39 is 0 Å². The summed E-state index contributed by atoms with van der Waals surface area (Å²) in [5.74, 6) is -0.274. The first-order valence-corrected chi connectivity index (χ1v) is 6.37. The molecular formula is C13H11Cl2N3O. The van der Waals surface area contributed by atoms with Crippen molar-refractivity contribution in [2.45, 2.75) is 13.0 Å². The fraction of sp³-hybridized carbons (Fsp3) is 0.154. The molecule has 0 radical (unpaired) electrons. The molecule has 0 saturated heterocycles. The van der Waals surface area contributed by atoms with E-state index in [4.69, 9.17) is 23.2 Å². The van der Waals surface area contributed by atoms with Gasteiger partial charge in [0.1, 0.15) is 10.3 Å². The molecule has 0 saturated carbocycles. The minimum atomic E-state index is -0.274. The molecule has 2 aromatic rings. The number of carbonyl (C=O) groups excluding carboxylic acids is 1. The van der Waals surface area contributed by atoms with Gasteiger partial charge in [-0.2, -0.15) is 0 Å². The molecule has 1 atom stereocenters. The van der Waals surface area contributed by atoms with Crippen LogP contribution in [0.3, 0.4) is 0 Å². The van der Waals surface area contributed by atoms with Gasteiger partial charge in [0, 0.05) is 11.8 Å². The fourth-order valence-corrected chi connectivity index (χ4v) is 2.04. The number of hydrogen-bond donors (Lipinski definition) is 1. The number of rotatable bonds is 3. The quantitative estimate of drug-likeness (QED) is 0.884. The highest BCUT2D eigenvalue weighted by atomic mass is 35.5. The molecule has 0 aliphatic heterocycles. The average Bonchev–Trinajstić information content (AvgIpc) is 2.38. The third kappa shape index (κ3) is 3.66. The highest BCUT2D eigenvalue weighted by molar-refractivity contribution is 6.33. The van der Waals surface area contributed by atoms with Crippen LogP contribution in [0.5, 0.6) is 0 Å². The Labute approximate surface area is 120 Å². The van der Waals surface area contributed by atoms with Crippen molar-refractivity contribution < 1.29 is 4.79 Å². The molecule has 1 amide bonds. The predicted molar refractivity (Wildman–Crippen MR) is 74.4 cm³/mol. The molecule has 2 heterocycles. The van der Waals surface area contributed by atoms with Crippen molar-refractivity contribution in [3.63, 3.8) is 0 Å². The molecule has 0 bridgehead atoms. The summed E-state index contributed by atoms with van der Waals surface area (Å²) < 4.78 is 0. The summed E-state index contributed by atoms with van der Waals surface area (Å²) in [7, 11) is 0. The van der Waals surface area contributed by atoms with Gasteiger partial charge in [-0.15, -0.1) is 0 Å². The van der Waals surface area contributed by atoms with E-state index in [0.29, 0.717) is 5.56 Å². The number of aromatic nitrogens is 2. The van der Waals surface area contributed by atoms with Crippen LogP contribution in [0.25, 0.3) is 0 Å². The van der Waals surface area contributed by atoms with Gasteiger partial charge in [-0.3, -0.25) is 9.78 Å². The summed E-state index contributed by atoms with van der Waals surface area (Å²) >= 11 is 11.5. The van der Waals surface area contributed by atoms with Gasteiger partial charge < -0.3 is 5.32 Å². The van der Waals surface area contributed by atoms with Crippen molar-refractivity contribution >= 4 is 29.1 Å². The van der Waals surface area contributed by atoms with Crippen LogP contribution in [0.4, 0.5) is 0 Å². The monoisotopic (exact) mass is 295 g/mol. The maximum atomic E-state index is 12.0. The summed E-state index contributed by atoms with van der Waals surface area (Å²) in [5.41, 5.74) is 1.15. The average molecular weight is 296 g/mol. The molecule has 19 heavy (non-hydrogen) atoms. The summed E-state index contributed by atoms with van der Waals surface area (Å²) in [6.07, 6.45) is 1.68. The molecule has 0 spiro atoms. The van der Waals surface area contributed by atoms with Crippen molar-refractivity contribution in [3.05, 3.63) is 58.1 Å². The van der Waals surface area contributed by atoms with Crippen LogP contribution in [-0.2, 0) is 0 Å². The Morgan fingerprint density at radius 2 is 1.95 bits per heavy atom.